The van der Waals surface area contributed by atoms with Crippen LogP contribution in [-0.4, -0.2) is 41.7 Å². The first kappa shape index (κ1) is 13.6. The van der Waals surface area contributed by atoms with Gasteiger partial charge in [0.25, 0.3) is 0 Å². The van der Waals surface area contributed by atoms with Crippen molar-refractivity contribution in [1.29, 1.82) is 5.41 Å². The Balaban J connectivity index is 2.35. The fourth-order valence-electron chi connectivity index (χ4n) is 1.88. The summed E-state index contributed by atoms with van der Waals surface area (Å²) in [6.07, 6.45) is 1.52. The maximum atomic E-state index is 11.5. The summed E-state index contributed by atoms with van der Waals surface area (Å²) in [4.78, 5) is 13.3. The number of hydrogen-bond acceptors (Lipinski definition) is 3. The molecule has 1 atom stereocenters. The molecule has 0 saturated carbocycles. The highest BCUT2D eigenvalue weighted by Crippen LogP contribution is 2.15. The van der Waals surface area contributed by atoms with Crippen LogP contribution in [0.15, 0.2) is 0 Å². The molecular weight excluding hydrogens is 220 g/mol. The van der Waals surface area contributed by atoms with E-state index in [0.717, 1.165) is 19.4 Å². The molecule has 0 unspecified atom stereocenters. The van der Waals surface area contributed by atoms with Gasteiger partial charge in [-0.15, -0.1) is 0 Å². The molecule has 98 valence electrons. The Labute approximate surface area is 102 Å². The van der Waals surface area contributed by atoms with Crippen molar-refractivity contribution < 1.29 is 9.53 Å². The van der Waals surface area contributed by atoms with Gasteiger partial charge in [-0.05, 0) is 33.6 Å². The highest BCUT2D eigenvalue weighted by Gasteiger charge is 2.26. The van der Waals surface area contributed by atoms with E-state index in [9.17, 15) is 4.79 Å². The van der Waals surface area contributed by atoms with Crippen molar-refractivity contribution in [2.75, 3.05) is 13.1 Å². The van der Waals surface area contributed by atoms with Gasteiger partial charge in [-0.1, -0.05) is 0 Å². The first-order valence-corrected chi connectivity index (χ1v) is 5.87. The van der Waals surface area contributed by atoms with Crippen molar-refractivity contribution in [3.63, 3.8) is 0 Å². The van der Waals surface area contributed by atoms with E-state index >= 15 is 0 Å². The second-order valence-corrected chi connectivity index (χ2v) is 5.26. The maximum Gasteiger partial charge on any atom is 0.407 e. The summed E-state index contributed by atoms with van der Waals surface area (Å²) in [5.74, 6) is 0.0680. The Morgan fingerprint density at radius 3 is 2.76 bits per heavy atom. The summed E-state index contributed by atoms with van der Waals surface area (Å²) in [6, 6.07) is 0.111. The van der Waals surface area contributed by atoms with Crippen molar-refractivity contribution >= 4 is 12.1 Å². The molecule has 1 aliphatic rings. The topological polar surface area (TPSA) is 91.4 Å². The number of hydrogen-bond donors (Lipinski definition) is 3. The van der Waals surface area contributed by atoms with Crippen molar-refractivity contribution in [3.8, 4) is 0 Å². The fraction of sp³-hybridized carbons (Fsp3) is 0.818. The standard InChI is InChI=1S/C11H22N4O2/c1-11(2,3)17-10(16)14-7-8-5-4-6-15(8)9(12)13/h8H,4-7H2,1-3H3,(H3,12,13)(H,14,16)/t8-/m0/s1. The third kappa shape index (κ3) is 4.50. The molecule has 1 aliphatic heterocycles. The van der Waals surface area contributed by atoms with E-state index in [4.69, 9.17) is 15.9 Å². The molecule has 6 nitrogen and oxygen atoms in total. The summed E-state index contributed by atoms with van der Waals surface area (Å²) >= 11 is 0. The lowest BCUT2D eigenvalue weighted by molar-refractivity contribution is 0.0518. The largest absolute Gasteiger partial charge is 0.444 e. The molecule has 1 heterocycles. The van der Waals surface area contributed by atoms with E-state index in [1.807, 2.05) is 20.8 Å². The minimum Gasteiger partial charge on any atom is -0.444 e. The Morgan fingerprint density at radius 1 is 1.59 bits per heavy atom. The third-order valence-electron chi connectivity index (χ3n) is 2.57. The Hall–Kier alpha value is -1.46. The molecular formula is C11H22N4O2. The summed E-state index contributed by atoms with van der Waals surface area (Å²) in [5, 5.41) is 10.1. The van der Waals surface area contributed by atoms with Crippen LogP contribution in [0.2, 0.25) is 0 Å². The number of amides is 1. The van der Waals surface area contributed by atoms with Gasteiger partial charge in [0.15, 0.2) is 5.96 Å². The van der Waals surface area contributed by atoms with Gasteiger partial charge in [-0.3, -0.25) is 5.41 Å². The average Bonchev–Trinajstić information content (AvgIpc) is 2.59. The van der Waals surface area contributed by atoms with Crippen LogP contribution in [0.4, 0.5) is 4.79 Å². The van der Waals surface area contributed by atoms with Gasteiger partial charge in [0.05, 0.1) is 0 Å². The second kappa shape index (κ2) is 5.25. The van der Waals surface area contributed by atoms with Crippen LogP contribution < -0.4 is 11.1 Å². The van der Waals surface area contributed by atoms with Gasteiger partial charge in [0.2, 0.25) is 0 Å². The molecule has 17 heavy (non-hydrogen) atoms. The highest BCUT2D eigenvalue weighted by molar-refractivity contribution is 5.75. The molecule has 6 heteroatoms. The third-order valence-corrected chi connectivity index (χ3v) is 2.57. The number of likely N-dealkylation sites (tertiary alicyclic amines) is 1. The number of nitrogens with two attached hydrogens (primary N) is 1. The molecule has 1 saturated heterocycles. The van der Waals surface area contributed by atoms with E-state index in [0.29, 0.717) is 6.54 Å². The van der Waals surface area contributed by atoms with Crippen molar-refractivity contribution in [1.82, 2.24) is 10.2 Å². The average molecular weight is 242 g/mol. The molecule has 1 fully saturated rings. The van der Waals surface area contributed by atoms with Crippen LogP contribution >= 0.6 is 0 Å². The van der Waals surface area contributed by atoms with Gasteiger partial charge >= 0.3 is 6.09 Å². The van der Waals surface area contributed by atoms with Crippen LogP contribution in [0.25, 0.3) is 0 Å². The van der Waals surface area contributed by atoms with Crippen molar-refractivity contribution in [3.05, 3.63) is 0 Å². The van der Waals surface area contributed by atoms with Gasteiger partial charge in [-0.2, -0.15) is 0 Å². The number of nitrogens with one attached hydrogen (secondary N) is 2. The van der Waals surface area contributed by atoms with E-state index in [2.05, 4.69) is 5.32 Å². The number of nitrogens with zero attached hydrogens (tertiary/aromatic N) is 1. The maximum absolute atomic E-state index is 11.5. The van der Waals surface area contributed by atoms with E-state index in [-0.39, 0.29) is 12.0 Å². The SMILES string of the molecule is CC(C)(C)OC(=O)NC[C@@H]1CCCN1C(=N)N. The molecule has 4 N–H and O–H groups in total. The predicted octanol–water partition coefficient (Wildman–Crippen LogP) is 0.869. The van der Waals surface area contributed by atoms with Crippen LogP contribution in [0.1, 0.15) is 33.6 Å². The van der Waals surface area contributed by atoms with E-state index < -0.39 is 11.7 Å². The zero-order valence-corrected chi connectivity index (χ0v) is 10.7. The molecule has 0 radical (unpaired) electrons. The molecule has 1 rings (SSSR count). The Kier molecular flexibility index (Phi) is 4.20. The number of carbonyl (C=O) groups excluding carboxylic acids is 1. The molecule has 0 spiro atoms. The Bertz CT molecular complexity index is 298. The quantitative estimate of drug-likeness (QED) is 0.495. The lowest BCUT2D eigenvalue weighted by Crippen LogP contribution is -2.46. The predicted molar refractivity (Wildman–Crippen MR) is 65.9 cm³/mol. The zero-order valence-electron chi connectivity index (χ0n) is 10.7. The summed E-state index contributed by atoms with van der Waals surface area (Å²) in [6.45, 7) is 6.72. The van der Waals surface area contributed by atoms with Crippen LogP contribution in [0, 0.1) is 5.41 Å². The van der Waals surface area contributed by atoms with Gasteiger partial charge in [0.1, 0.15) is 5.60 Å². The minimum atomic E-state index is -0.486. The summed E-state index contributed by atoms with van der Waals surface area (Å²) in [7, 11) is 0. The number of rotatable bonds is 2. The van der Waals surface area contributed by atoms with E-state index in [1.165, 1.54) is 0 Å². The monoisotopic (exact) mass is 242 g/mol. The molecule has 0 aromatic carbocycles. The summed E-state index contributed by atoms with van der Waals surface area (Å²) in [5.41, 5.74) is 4.98. The molecule has 0 aromatic rings. The number of guanidine groups is 1. The summed E-state index contributed by atoms with van der Waals surface area (Å²) < 4.78 is 5.14. The van der Waals surface area contributed by atoms with Crippen molar-refractivity contribution in [2.24, 2.45) is 5.73 Å². The van der Waals surface area contributed by atoms with Crippen LogP contribution in [0.5, 0.6) is 0 Å². The lowest BCUT2D eigenvalue weighted by atomic mass is 10.2. The van der Waals surface area contributed by atoms with Gasteiger partial charge < -0.3 is 20.7 Å². The van der Waals surface area contributed by atoms with Gasteiger partial charge in [0, 0.05) is 19.1 Å². The zero-order chi connectivity index (χ0) is 13.1. The van der Waals surface area contributed by atoms with Crippen LogP contribution in [-0.2, 0) is 4.74 Å². The normalized spacial score (nSPS) is 20.2. The Morgan fingerprint density at radius 2 is 2.24 bits per heavy atom. The van der Waals surface area contributed by atoms with Crippen LogP contribution in [0.3, 0.4) is 0 Å². The first-order valence-electron chi connectivity index (χ1n) is 5.87. The molecule has 0 aliphatic carbocycles. The fourth-order valence-corrected chi connectivity index (χ4v) is 1.88. The highest BCUT2D eigenvalue weighted by atomic mass is 16.6. The smallest absolute Gasteiger partial charge is 0.407 e. The molecule has 0 bridgehead atoms. The first-order chi connectivity index (χ1) is 7.79. The lowest BCUT2D eigenvalue weighted by Gasteiger charge is -2.26. The van der Waals surface area contributed by atoms with Crippen molar-refractivity contribution in [2.45, 2.75) is 45.3 Å². The van der Waals surface area contributed by atoms with E-state index in [1.54, 1.807) is 4.90 Å². The number of alkyl carbamates (subject to hydrolysis) is 1. The molecule has 1 amide bonds. The molecule has 0 aromatic heterocycles. The minimum absolute atomic E-state index is 0.0680. The second-order valence-electron chi connectivity index (χ2n) is 5.26. The number of carbonyl (C=O) groups is 1. The van der Waals surface area contributed by atoms with Gasteiger partial charge in [-0.25, -0.2) is 4.79 Å². The number of ether oxygens (including phenoxy) is 1.